The van der Waals surface area contributed by atoms with E-state index in [0.717, 1.165) is 0 Å². The van der Waals surface area contributed by atoms with Crippen LogP contribution >= 0.6 is 11.6 Å². The van der Waals surface area contributed by atoms with Crippen molar-refractivity contribution in [2.24, 2.45) is 0 Å². The molecule has 0 amide bonds. The van der Waals surface area contributed by atoms with Gasteiger partial charge in [-0.25, -0.2) is 0 Å². The molecule has 0 spiro atoms. The fourth-order valence-corrected chi connectivity index (χ4v) is 1.95. The maximum Gasteiger partial charge on any atom is 0.141 e. The Labute approximate surface area is 116 Å². The van der Waals surface area contributed by atoms with E-state index in [1.807, 2.05) is 12.1 Å². The van der Waals surface area contributed by atoms with Crippen molar-refractivity contribution in [1.82, 2.24) is 0 Å². The summed E-state index contributed by atoms with van der Waals surface area (Å²) in [5.41, 5.74) is 1.80. The van der Waals surface area contributed by atoms with E-state index in [9.17, 15) is 5.26 Å². The van der Waals surface area contributed by atoms with E-state index in [1.165, 1.54) is 0 Å². The van der Waals surface area contributed by atoms with Crippen molar-refractivity contribution in [2.45, 2.75) is 6.04 Å². The Balaban J connectivity index is 2.35. The first kappa shape index (κ1) is 13.0. The van der Waals surface area contributed by atoms with Crippen LogP contribution in [0.3, 0.4) is 0 Å². The quantitative estimate of drug-likeness (QED) is 0.918. The second-order valence-electron chi connectivity index (χ2n) is 3.89. The van der Waals surface area contributed by atoms with Crippen LogP contribution < -0.4 is 5.32 Å². The lowest BCUT2D eigenvalue weighted by Crippen LogP contribution is -2.10. The third kappa shape index (κ3) is 2.85. The number of benzene rings is 2. The molecule has 19 heavy (non-hydrogen) atoms. The molecule has 0 aliphatic rings. The molecule has 0 fully saturated rings. The van der Waals surface area contributed by atoms with Gasteiger partial charge >= 0.3 is 0 Å². The van der Waals surface area contributed by atoms with E-state index < -0.39 is 6.04 Å². The molecule has 0 aliphatic heterocycles. The molecule has 1 unspecified atom stereocenters. The number of nitrogens with zero attached hydrogens (tertiary/aromatic N) is 2. The first-order valence-electron chi connectivity index (χ1n) is 5.66. The van der Waals surface area contributed by atoms with Crippen LogP contribution in [-0.2, 0) is 0 Å². The summed E-state index contributed by atoms with van der Waals surface area (Å²) in [7, 11) is 0. The Bertz CT molecular complexity index is 668. The number of halogens is 1. The van der Waals surface area contributed by atoms with E-state index in [2.05, 4.69) is 17.5 Å². The van der Waals surface area contributed by atoms with Crippen LogP contribution in [0.4, 0.5) is 5.69 Å². The topological polar surface area (TPSA) is 59.6 Å². The second-order valence-corrected chi connectivity index (χ2v) is 4.29. The molecule has 0 aromatic heterocycles. The molecule has 2 aromatic rings. The van der Waals surface area contributed by atoms with Gasteiger partial charge in [0, 0.05) is 5.56 Å². The molecule has 2 rings (SSSR count). The third-order valence-corrected chi connectivity index (χ3v) is 3.02. The Morgan fingerprint density at radius 2 is 1.68 bits per heavy atom. The van der Waals surface area contributed by atoms with Crippen molar-refractivity contribution < 1.29 is 0 Å². The number of rotatable bonds is 3. The maximum atomic E-state index is 9.29. The zero-order valence-corrected chi connectivity index (χ0v) is 10.7. The first-order valence-corrected chi connectivity index (χ1v) is 6.03. The van der Waals surface area contributed by atoms with Gasteiger partial charge in [0.25, 0.3) is 0 Å². The highest BCUT2D eigenvalue weighted by molar-refractivity contribution is 6.33. The zero-order chi connectivity index (χ0) is 13.7. The average molecular weight is 268 g/mol. The standard InChI is InChI=1S/C15H10ClN3/c16-13-7-3-4-8-14(13)19-15(10-18)12-6-2-1-5-11(12)9-17/h1-8,15,19H. The molecule has 92 valence electrons. The lowest BCUT2D eigenvalue weighted by Gasteiger charge is -2.15. The van der Waals surface area contributed by atoms with Crippen LogP contribution in [0.1, 0.15) is 17.2 Å². The lowest BCUT2D eigenvalue weighted by atomic mass is 10.0. The number of para-hydroxylation sites is 1. The number of nitrogens with one attached hydrogen (secondary N) is 1. The molecule has 0 aliphatic carbocycles. The van der Waals surface area contributed by atoms with Gasteiger partial charge in [-0.2, -0.15) is 10.5 Å². The highest BCUT2D eigenvalue weighted by Crippen LogP contribution is 2.26. The Kier molecular flexibility index (Phi) is 4.03. The van der Waals surface area contributed by atoms with Gasteiger partial charge in [0.15, 0.2) is 0 Å². The van der Waals surface area contributed by atoms with Gasteiger partial charge in [-0.15, -0.1) is 0 Å². The van der Waals surface area contributed by atoms with Crippen molar-refractivity contribution in [2.75, 3.05) is 5.32 Å². The molecule has 0 saturated carbocycles. The summed E-state index contributed by atoms with van der Waals surface area (Å²) in [5.74, 6) is 0. The Morgan fingerprint density at radius 3 is 2.37 bits per heavy atom. The van der Waals surface area contributed by atoms with Gasteiger partial charge in [0.05, 0.1) is 28.4 Å². The van der Waals surface area contributed by atoms with E-state index in [1.54, 1.807) is 36.4 Å². The summed E-state index contributed by atoms with van der Waals surface area (Å²) in [6.45, 7) is 0. The normalized spacial score (nSPS) is 11.1. The fraction of sp³-hybridized carbons (Fsp3) is 0.0667. The maximum absolute atomic E-state index is 9.29. The lowest BCUT2D eigenvalue weighted by molar-refractivity contribution is 0.991. The number of hydrogen-bond acceptors (Lipinski definition) is 3. The van der Waals surface area contributed by atoms with E-state index in [0.29, 0.717) is 21.8 Å². The minimum atomic E-state index is -0.615. The van der Waals surface area contributed by atoms with Gasteiger partial charge in [-0.3, -0.25) is 0 Å². The Hall–Kier alpha value is -2.49. The van der Waals surface area contributed by atoms with Gasteiger partial charge < -0.3 is 5.32 Å². The van der Waals surface area contributed by atoms with Gasteiger partial charge in [-0.1, -0.05) is 41.9 Å². The van der Waals surface area contributed by atoms with Crippen molar-refractivity contribution in [3.8, 4) is 12.1 Å². The molecule has 3 nitrogen and oxygen atoms in total. The minimum Gasteiger partial charge on any atom is -0.365 e. The number of hydrogen-bond donors (Lipinski definition) is 1. The highest BCUT2D eigenvalue weighted by atomic mass is 35.5. The molecular weight excluding hydrogens is 258 g/mol. The average Bonchev–Trinajstić information content (AvgIpc) is 2.46. The molecule has 1 atom stereocenters. The van der Waals surface area contributed by atoms with Crippen molar-refractivity contribution >= 4 is 17.3 Å². The first-order chi connectivity index (χ1) is 9.26. The summed E-state index contributed by atoms with van der Waals surface area (Å²) in [6, 6.07) is 17.8. The van der Waals surface area contributed by atoms with Gasteiger partial charge in [-0.05, 0) is 18.2 Å². The minimum absolute atomic E-state index is 0.480. The smallest absolute Gasteiger partial charge is 0.141 e. The molecule has 0 heterocycles. The van der Waals surface area contributed by atoms with Crippen LogP contribution in [0.25, 0.3) is 0 Å². The van der Waals surface area contributed by atoms with E-state index in [4.69, 9.17) is 16.9 Å². The van der Waals surface area contributed by atoms with Crippen LogP contribution in [0.2, 0.25) is 5.02 Å². The van der Waals surface area contributed by atoms with Crippen molar-refractivity contribution in [3.05, 3.63) is 64.7 Å². The molecule has 2 aromatic carbocycles. The fourth-order valence-electron chi connectivity index (χ4n) is 1.76. The number of anilines is 1. The van der Waals surface area contributed by atoms with Crippen LogP contribution in [0.5, 0.6) is 0 Å². The molecular formula is C15H10ClN3. The monoisotopic (exact) mass is 267 g/mol. The molecule has 0 bridgehead atoms. The molecule has 0 radical (unpaired) electrons. The van der Waals surface area contributed by atoms with Crippen LogP contribution in [-0.4, -0.2) is 0 Å². The Morgan fingerprint density at radius 1 is 1.00 bits per heavy atom. The predicted molar refractivity (Wildman–Crippen MR) is 74.6 cm³/mol. The SMILES string of the molecule is N#Cc1ccccc1C(C#N)Nc1ccccc1Cl. The summed E-state index contributed by atoms with van der Waals surface area (Å²) >= 11 is 6.05. The van der Waals surface area contributed by atoms with Crippen LogP contribution in [0.15, 0.2) is 48.5 Å². The van der Waals surface area contributed by atoms with Gasteiger partial charge in [0.2, 0.25) is 0 Å². The van der Waals surface area contributed by atoms with E-state index >= 15 is 0 Å². The highest BCUT2D eigenvalue weighted by Gasteiger charge is 2.15. The molecule has 4 heteroatoms. The zero-order valence-electron chi connectivity index (χ0n) is 9.97. The van der Waals surface area contributed by atoms with Crippen LogP contribution in [0, 0.1) is 22.7 Å². The molecule has 0 saturated heterocycles. The van der Waals surface area contributed by atoms with Crippen molar-refractivity contribution in [1.29, 1.82) is 10.5 Å². The number of nitriles is 2. The summed E-state index contributed by atoms with van der Waals surface area (Å²) < 4.78 is 0. The van der Waals surface area contributed by atoms with Crippen molar-refractivity contribution in [3.63, 3.8) is 0 Å². The summed E-state index contributed by atoms with van der Waals surface area (Å²) in [4.78, 5) is 0. The largest absolute Gasteiger partial charge is 0.365 e. The third-order valence-electron chi connectivity index (χ3n) is 2.70. The van der Waals surface area contributed by atoms with E-state index in [-0.39, 0.29) is 0 Å². The summed E-state index contributed by atoms with van der Waals surface area (Å²) in [5, 5.41) is 21.9. The predicted octanol–water partition coefficient (Wildman–Crippen LogP) is 3.89. The summed E-state index contributed by atoms with van der Waals surface area (Å²) in [6.07, 6.45) is 0. The second kappa shape index (κ2) is 5.91. The molecule has 1 N–H and O–H groups in total. The van der Waals surface area contributed by atoms with Gasteiger partial charge in [0.1, 0.15) is 6.04 Å².